The highest BCUT2D eigenvalue weighted by molar-refractivity contribution is 7.03. The highest BCUT2D eigenvalue weighted by Crippen LogP contribution is 2.28. The number of hydrogen-bond donors (Lipinski definition) is 2. The molecule has 6 nitrogen and oxygen atoms in total. The number of rotatable bonds is 3. The molecule has 2 N–H and O–H groups in total. The van der Waals surface area contributed by atoms with Gasteiger partial charge in [-0.15, -0.1) is 0 Å². The number of benzene rings is 1. The van der Waals surface area contributed by atoms with Crippen molar-refractivity contribution in [2.75, 3.05) is 6.54 Å². The van der Waals surface area contributed by atoms with Crippen LogP contribution in [0.1, 0.15) is 17.0 Å². The first-order valence-electron chi connectivity index (χ1n) is 7.85. The van der Waals surface area contributed by atoms with Crippen LogP contribution in [-0.2, 0) is 19.5 Å². The van der Waals surface area contributed by atoms with E-state index in [0.29, 0.717) is 19.6 Å². The zero-order chi connectivity index (χ0) is 16.4. The number of urea groups is 1. The van der Waals surface area contributed by atoms with Gasteiger partial charge in [-0.3, -0.25) is 5.10 Å². The Morgan fingerprint density at radius 1 is 1.29 bits per heavy atom. The third-order valence-corrected chi connectivity index (χ3v) is 4.78. The second kappa shape index (κ2) is 6.45. The second-order valence-corrected chi connectivity index (χ2v) is 6.38. The van der Waals surface area contributed by atoms with Gasteiger partial charge >= 0.3 is 6.03 Å². The van der Waals surface area contributed by atoms with Crippen molar-refractivity contribution in [1.82, 2.24) is 24.8 Å². The smallest absolute Gasteiger partial charge is 0.318 e. The van der Waals surface area contributed by atoms with E-state index in [1.807, 2.05) is 46.7 Å². The third kappa shape index (κ3) is 2.90. The van der Waals surface area contributed by atoms with E-state index in [1.54, 1.807) is 0 Å². The SMILES string of the molecule is O=C(NCc1ccsn1)N1CCc2[nH]nc(-c3ccccc3)c2C1. The van der Waals surface area contributed by atoms with E-state index >= 15 is 0 Å². The van der Waals surface area contributed by atoms with E-state index in [1.165, 1.54) is 11.5 Å². The predicted molar refractivity (Wildman–Crippen MR) is 92.5 cm³/mol. The maximum absolute atomic E-state index is 12.4. The molecular weight excluding hydrogens is 322 g/mol. The highest BCUT2D eigenvalue weighted by atomic mass is 32.1. The standard InChI is InChI=1S/C17H17N5OS/c23-17(18-10-13-7-9-24-21-13)22-8-6-15-14(11-22)16(20-19-15)12-4-2-1-3-5-12/h1-5,7,9H,6,8,10-11H2,(H,18,23)(H,19,20). The van der Waals surface area contributed by atoms with Gasteiger partial charge in [-0.1, -0.05) is 30.3 Å². The molecule has 1 aromatic carbocycles. The normalized spacial score (nSPS) is 13.6. The number of carbonyl (C=O) groups excluding carboxylic acids is 1. The Morgan fingerprint density at radius 2 is 2.17 bits per heavy atom. The molecule has 0 bridgehead atoms. The number of fused-ring (bicyclic) bond motifs is 1. The Hall–Kier alpha value is -2.67. The second-order valence-electron chi connectivity index (χ2n) is 5.72. The van der Waals surface area contributed by atoms with Crippen molar-refractivity contribution < 1.29 is 4.79 Å². The van der Waals surface area contributed by atoms with Crippen LogP contribution in [0, 0.1) is 0 Å². The Labute approximate surface area is 143 Å². The molecule has 0 saturated carbocycles. The lowest BCUT2D eigenvalue weighted by atomic mass is 10.0. The maximum atomic E-state index is 12.4. The molecule has 2 amide bonds. The van der Waals surface area contributed by atoms with Gasteiger partial charge in [-0.2, -0.15) is 9.47 Å². The van der Waals surface area contributed by atoms with Gasteiger partial charge in [0.15, 0.2) is 0 Å². The van der Waals surface area contributed by atoms with Crippen molar-refractivity contribution in [3.63, 3.8) is 0 Å². The summed E-state index contributed by atoms with van der Waals surface area (Å²) in [6, 6.07) is 11.9. The quantitative estimate of drug-likeness (QED) is 0.770. The summed E-state index contributed by atoms with van der Waals surface area (Å²) < 4.78 is 4.21. The Balaban J connectivity index is 1.49. The van der Waals surface area contributed by atoms with Crippen molar-refractivity contribution in [3.05, 3.63) is 58.7 Å². The number of aromatic amines is 1. The molecule has 0 saturated heterocycles. The first-order chi connectivity index (χ1) is 11.8. The molecule has 0 aliphatic carbocycles. The minimum Gasteiger partial charge on any atom is -0.332 e. The molecule has 0 atom stereocenters. The molecule has 3 aromatic rings. The van der Waals surface area contributed by atoms with Crippen LogP contribution in [0.3, 0.4) is 0 Å². The van der Waals surface area contributed by atoms with Crippen LogP contribution in [-0.4, -0.2) is 32.0 Å². The minimum absolute atomic E-state index is 0.0612. The Bertz CT molecular complexity index is 828. The average molecular weight is 339 g/mol. The number of hydrogen-bond acceptors (Lipinski definition) is 4. The topological polar surface area (TPSA) is 73.9 Å². The van der Waals surface area contributed by atoms with Crippen molar-refractivity contribution in [1.29, 1.82) is 0 Å². The summed E-state index contributed by atoms with van der Waals surface area (Å²) in [6.45, 7) is 1.72. The average Bonchev–Trinajstić information content (AvgIpc) is 3.29. The van der Waals surface area contributed by atoms with Gasteiger partial charge < -0.3 is 10.2 Å². The summed E-state index contributed by atoms with van der Waals surface area (Å²) in [6.07, 6.45) is 0.791. The maximum Gasteiger partial charge on any atom is 0.318 e. The number of aromatic nitrogens is 3. The first kappa shape index (κ1) is 14.9. The van der Waals surface area contributed by atoms with Crippen molar-refractivity contribution in [3.8, 4) is 11.3 Å². The van der Waals surface area contributed by atoms with E-state index in [9.17, 15) is 4.79 Å². The largest absolute Gasteiger partial charge is 0.332 e. The molecule has 1 aliphatic rings. The Kier molecular flexibility index (Phi) is 4.00. The fraction of sp³-hybridized carbons (Fsp3) is 0.235. The summed E-state index contributed by atoms with van der Waals surface area (Å²) >= 11 is 1.39. The summed E-state index contributed by atoms with van der Waals surface area (Å²) in [5.74, 6) is 0. The van der Waals surface area contributed by atoms with Crippen LogP contribution < -0.4 is 5.32 Å². The molecule has 0 spiro atoms. The van der Waals surface area contributed by atoms with Crippen molar-refractivity contribution in [2.24, 2.45) is 0 Å². The molecule has 1 aliphatic heterocycles. The van der Waals surface area contributed by atoms with E-state index < -0.39 is 0 Å². The number of H-pyrrole nitrogens is 1. The van der Waals surface area contributed by atoms with Crippen LogP contribution in [0.5, 0.6) is 0 Å². The van der Waals surface area contributed by atoms with E-state index in [-0.39, 0.29) is 6.03 Å². The van der Waals surface area contributed by atoms with E-state index in [2.05, 4.69) is 19.9 Å². The molecule has 0 unspecified atom stereocenters. The van der Waals surface area contributed by atoms with Gasteiger partial charge in [0.25, 0.3) is 0 Å². The highest BCUT2D eigenvalue weighted by Gasteiger charge is 2.25. The lowest BCUT2D eigenvalue weighted by Gasteiger charge is -2.27. The van der Waals surface area contributed by atoms with Gasteiger partial charge in [0.2, 0.25) is 0 Å². The van der Waals surface area contributed by atoms with Gasteiger partial charge in [0, 0.05) is 35.2 Å². The van der Waals surface area contributed by atoms with E-state index in [4.69, 9.17) is 0 Å². The fourth-order valence-corrected chi connectivity index (χ4v) is 3.45. The molecule has 3 heterocycles. The molecule has 4 rings (SSSR count). The summed E-state index contributed by atoms with van der Waals surface area (Å²) in [5.41, 5.74) is 5.12. The van der Waals surface area contributed by atoms with Gasteiger partial charge in [0.1, 0.15) is 0 Å². The Morgan fingerprint density at radius 3 is 2.96 bits per heavy atom. The van der Waals surface area contributed by atoms with Gasteiger partial charge in [0.05, 0.1) is 24.5 Å². The van der Waals surface area contributed by atoms with Gasteiger partial charge in [-0.25, -0.2) is 4.79 Å². The zero-order valence-corrected chi connectivity index (χ0v) is 13.8. The summed E-state index contributed by atoms with van der Waals surface area (Å²) in [4.78, 5) is 14.3. The molecule has 0 radical (unpaired) electrons. The number of amides is 2. The zero-order valence-electron chi connectivity index (χ0n) is 13.0. The molecule has 2 aromatic heterocycles. The first-order valence-corrected chi connectivity index (χ1v) is 8.68. The van der Waals surface area contributed by atoms with Crippen LogP contribution >= 0.6 is 11.5 Å². The van der Waals surface area contributed by atoms with Gasteiger partial charge in [-0.05, 0) is 17.6 Å². The van der Waals surface area contributed by atoms with Crippen LogP contribution in [0.4, 0.5) is 4.79 Å². The molecule has 7 heteroatoms. The van der Waals surface area contributed by atoms with Crippen molar-refractivity contribution >= 4 is 17.6 Å². The number of nitrogens with zero attached hydrogens (tertiary/aromatic N) is 3. The van der Waals surface area contributed by atoms with Crippen molar-refractivity contribution in [2.45, 2.75) is 19.5 Å². The monoisotopic (exact) mass is 339 g/mol. The van der Waals surface area contributed by atoms with Crippen LogP contribution in [0.2, 0.25) is 0 Å². The lowest BCUT2D eigenvalue weighted by molar-refractivity contribution is 0.191. The van der Waals surface area contributed by atoms with Crippen LogP contribution in [0.15, 0.2) is 41.8 Å². The number of nitrogens with one attached hydrogen (secondary N) is 2. The predicted octanol–water partition coefficient (Wildman–Crippen LogP) is 2.80. The molecule has 122 valence electrons. The lowest BCUT2D eigenvalue weighted by Crippen LogP contribution is -2.42. The van der Waals surface area contributed by atoms with Crippen LogP contribution in [0.25, 0.3) is 11.3 Å². The molecule has 24 heavy (non-hydrogen) atoms. The molecular formula is C17H17N5OS. The third-order valence-electron chi connectivity index (χ3n) is 4.18. The fourth-order valence-electron chi connectivity index (χ4n) is 2.91. The summed E-state index contributed by atoms with van der Waals surface area (Å²) in [7, 11) is 0. The summed E-state index contributed by atoms with van der Waals surface area (Å²) in [5, 5.41) is 12.4. The number of carbonyl (C=O) groups is 1. The minimum atomic E-state index is -0.0612. The van der Waals surface area contributed by atoms with E-state index in [0.717, 1.165) is 34.6 Å². The molecule has 0 fully saturated rings.